The molecule has 6 nitrogen and oxygen atoms in total. The fourth-order valence-corrected chi connectivity index (χ4v) is 2.80. The monoisotopic (exact) mass is 313 g/mol. The Bertz CT molecular complexity index is 630. The lowest BCUT2D eigenvalue weighted by Gasteiger charge is -2.13. The first-order chi connectivity index (χ1) is 9.94. The highest BCUT2D eigenvalue weighted by Gasteiger charge is 2.20. The summed E-state index contributed by atoms with van der Waals surface area (Å²) in [6.45, 7) is 1.61. The van der Waals surface area contributed by atoms with Gasteiger partial charge in [0.1, 0.15) is 17.3 Å². The van der Waals surface area contributed by atoms with Crippen LogP contribution in [-0.2, 0) is 14.8 Å². The average Bonchev–Trinajstić information content (AvgIpc) is 2.50. The summed E-state index contributed by atoms with van der Waals surface area (Å²) in [6, 6.07) is 4.55. The number of nitrogens with one attached hydrogen (secondary N) is 1. The van der Waals surface area contributed by atoms with Gasteiger partial charge in [0.05, 0.1) is 13.2 Å². The van der Waals surface area contributed by atoms with Crippen molar-refractivity contribution in [3.05, 3.63) is 23.8 Å². The first-order valence-electron chi connectivity index (χ1n) is 6.24. The zero-order valence-corrected chi connectivity index (χ0v) is 13.0. The lowest BCUT2D eigenvalue weighted by molar-refractivity contribution is 0.122. The zero-order valence-electron chi connectivity index (χ0n) is 12.2. The topological polar surface area (TPSA) is 84.9 Å². The molecule has 0 saturated carbocycles. The highest BCUT2D eigenvalue weighted by Crippen LogP contribution is 2.24. The highest BCUT2D eigenvalue weighted by atomic mass is 32.2. The van der Waals surface area contributed by atoms with E-state index in [1.807, 2.05) is 0 Å². The summed E-state index contributed by atoms with van der Waals surface area (Å²) in [5, 5.41) is 8.69. The van der Waals surface area contributed by atoms with Gasteiger partial charge in [-0.15, -0.1) is 0 Å². The molecule has 1 unspecified atom stereocenters. The molecule has 2 N–H and O–H groups in total. The molecule has 1 atom stereocenters. The maximum atomic E-state index is 12.3. The molecule has 0 amide bonds. The molecule has 0 saturated heterocycles. The van der Waals surface area contributed by atoms with Crippen molar-refractivity contribution in [2.75, 3.05) is 27.4 Å². The number of sulfonamides is 1. The average molecular weight is 313 g/mol. The van der Waals surface area contributed by atoms with Crippen molar-refractivity contribution in [1.82, 2.24) is 4.72 Å². The molecule has 0 aliphatic carbocycles. The van der Waals surface area contributed by atoms with Crippen LogP contribution in [0, 0.1) is 11.8 Å². The van der Waals surface area contributed by atoms with E-state index in [4.69, 9.17) is 14.6 Å². The normalized spacial score (nSPS) is 12.4. The van der Waals surface area contributed by atoms with Gasteiger partial charge in [-0.2, -0.15) is 0 Å². The molecule has 7 heteroatoms. The van der Waals surface area contributed by atoms with Crippen molar-refractivity contribution in [2.24, 2.45) is 0 Å². The number of hydrogen-bond acceptors (Lipinski definition) is 5. The van der Waals surface area contributed by atoms with Crippen LogP contribution in [0.3, 0.4) is 0 Å². The van der Waals surface area contributed by atoms with E-state index in [1.165, 1.54) is 26.4 Å². The number of aliphatic hydroxyl groups is 1. The minimum absolute atomic E-state index is 0.00181. The molecule has 116 valence electrons. The second-order valence-corrected chi connectivity index (χ2v) is 5.96. The standard InChI is InChI=1S/C14H19NO5S/c1-11(19-2)10-15-21(17,18)14-9-12(5-4-8-16)6-7-13(14)20-3/h6-7,9,11,15-16H,8,10H2,1-3H3. The van der Waals surface area contributed by atoms with Crippen LogP contribution in [0.1, 0.15) is 12.5 Å². The third-order valence-corrected chi connectivity index (χ3v) is 4.17. The van der Waals surface area contributed by atoms with Gasteiger partial charge in [0.25, 0.3) is 0 Å². The number of rotatable bonds is 6. The maximum Gasteiger partial charge on any atom is 0.244 e. The minimum atomic E-state index is -3.74. The van der Waals surface area contributed by atoms with E-state index in [0.29, 0.717) is 5.56 Å². The van der Waals surface area contributed by atoms with E-state index in [9.17, 15) is 8.42 Å². The van der Waals surface area contributed by atoms with Gasteiger partial charge in [-0.1, -0.05) is 11.8 Å². The molecule has 21 heavy (non-hydrogen) atoms. The minimum Gasteiger partial charge on any atom is -0.495 e. The van der Waals surface area contributed by atoms with Crippen LogP contribution in [0.25, 0.3) is 0 Å². The van der Waals surface area contributed by atoms with Crippen LogP contribution in [-0.4, -0.2) is 47.0 Å². The number of aliphatic hydroxyl groups excluding tert-OH is 1. The molecule has 0 aromatic heterocycles. The highest BCUT2D eigenvalue weighted by molar-refractivity contribution is 7.89. The second-order valence-electron chi connectivity index (χ2n) is 4.22. The van der Waals surface area contributed by atoms with Gasteiger partial charge in [0.15, 0.2) is 0 Å². The van der Waals surface area contributed by atoms with Crippen LogP contribution < -0.4 is 9.46 Å². The van der Waals surface area contributed by atoms with E-state index in [-0.39, 0.29) is 29.9 Å². The van der Waals surface area contributed by atoms with E-state index < -0.39 is 10.0 Å². The maximum absolute atomic E-state index is 12.3. The summed E-state index contributed by atoms with van der Waals surface area (Å²) < 4.78 is 37.2. The Morgan fingerprint density at radius 1 is 1.38 bits per heavy atom. The summed E-state index contributed by atoms with van der Waals surface area (Å²) >= 11 is 0. The lowest BCUT2D eigenvalue weighted by atomic mass is 10.2. The van der Waals surface area contributed by atoms with Crippen molar-refractivity contribution >= 4 is 10.0 Å². The van der Waals surface area contributed by atoms with E-state index in [2.05, 4.69) is 16.6 Å². The van der Waals surface area contributed by atoms with Crippen LogP contribution in [0.15, 0.2) is 23.1 Å². The molecule has 0 spiro atoms. The Morgan fingerprint density at radius 2 is 2.10 bits per heavy atom. The summed E-state index contributed by atoms with van der Waals surface area (Å²) in [5.41, 5.74) is 0.477. The lowest BCUT2D eigenvalue weighted by Crippen LogP contribution is -2.31. The molecule has 1 aromatic rings. The predicted octanol–water partition coefficient (Wildman–Crippen LogP) is 0.352. The number of benzene rings is 1. The van der Waals surface area contributed by atoms with Gasteiger partial charge in [-0.3, -0.25) is 0 Å². The Labute approximate surface area is 125 Å². The summed E-state index contributed by atoms with van der Waals surface area (Å²) in [4.78, 5) is -0.00181. The van der Waals surface area contributed by atoms with Crippen molar-refractivity contribution in [1.29, 1.82) is 0 Å². The van der Waals surface area contributed by atoms with Crippen molar-refractivity contribution in [2.45, 2.75) is 17.9 Å². The summed E-state index contributed by atoms with van der Waals surface area (Å²) in [6.07, 6.45) is -0.247. The van der Waals surface area contributed by atoms with Crippen molar-refractivity contribution in [3.63, 3.8) is 0 Å². The number of methoxy groups -OCH3 is 2. The molecule has 0 aliphatic rings. The molecule has 1 rings (SSSR count). The first kappa shape index (κ1) is 17.5. The number of hydrogen-bond donors (Lipinski definition) is 2. The third-order valence-electron chi connectivity index (χ3n) is 2.73. The first-order valence-corrected chi connectivity index (χ1v) is 7.73. The molecular weight excluding hydrogens is 294 g/mol. The predicted molar refractivity (Wildman–Crippen MR) is 78.6 cm³/mol. The van der Waals surface area contributed by atoms with Gasteiger partial charge in [-0.25, -0.2) is 13.1 Å². The molecule has 0 radical (unpaired) electrons. The summed E-state index contributed by atoms with van der Waals surface area (Å²) in [7, 11) is -0.842. The van der Waals surface area contributed by atoms with Gasteiger partial charge in [0, 0.05) is 19.2 Å². The van der Waals surface area contributed by atoms with Crippen molar-refractivity contribution in [3.8, 4) is 17.6 Å². The Balaban J connectivity index is 3.13. The fourth-order valence-electron chi connectivity index (χ4n) is 1.49. The SMILES string of the molecule is COc1ccc(C#CCO)cc1S(=O)(=O)NCC(C)OC. The molecule has 0 aliphatic heterocycles. The van der Waals surface area contributed by atoms with Crippen LogP contribution in [0.5, 0.6) is 5.75 Å². The zero-order chi connectivity index (χ0) is 15.9. The summed E-state index contributed by atoms with van der Waals surface area (Å²) in [5.74, 6) is 5.36. The van der Waals surface area contributed by atoms with Crippen molar-refractivity contribution < 1.29 is 23.0 Å². The fraction of sp³-hybridized carbons (Fsp3) is 0.429. The molecule has 0 heterocycles. The van der Waals surface area contributed by atoms with Gasteiger partial charge < -0.3 is 14.6 Å². The second kappa shape index (κ2) is 8.00. The molecular formula is C14H19NO5S. The Hall–Kier alpha value is -1.59. The number of ether oxygens (including phenoxy) is 2. The van der Waals surface area contributed by atoms with Gasteiger partial charge >= 0.3 is 0 Å². The van der Waals surface area contributed by atoms with Crippen LogP contribution in [0.2, 0.25) is 0 Å². The van der Waals surface area contributed by atoms with E-state index in [0.717, 1.165) is 0 Å². The van der Waals surface area contributed by atoms with E-state index >= 15 is 0 Å². The smallest absolute Gasteiger partial charge is 0.244 e. The third kappa shape index (κ3) is 5.02. The molecule has 0 fully saturated rings. The Kier molecular flexibility index (Phi) is 6.65. The van der Waals surface area contributed by atoms with Gasteiger partial charge in [0.2, 0.25) is 10.0 Å². The molecule has 1 aromatic carbocycles. The van der Waals surface area contributed by atoms with Crippen LogP contribution in [0.4, 0.5) is 0 Å². The molecule has 0 bridgehead atoms. The van der Waals surface area contributed by atoms with Crippen LogP contribution >= 0.6 is 0 Å². The Morgan fingerprint density at radius 3 is 2.67 bits per heavy atom. The van der Waals surface area contributed by atoms with E-state index in [1.54, 1.807) is 13.0 Å². The largest absolute Gasteiger partial charge is 0.495 e. The quantitative estimate of drug-likeness (QED) is 0.740. The van der Waals surface area contributed by atoms with Gasteiger partial charge in [-0.05, 0) is 25.1 Å².